The Bertz CT molecular complexity index is 937. The van der Waals surface area contributed by atoms with Gasteiger partial charge in [-0.1, -0.05) is 0 Å². The fraction of sp³-hybridized carbons (Fsp3) is 0.821. The van der Waals surface area contributed by atoms with Crippen molar-refractivity contribution in [2.45, 2.75) is 48.8 Å². The van der Waals surface area contributed by atoms with Crippen LogP contribution in [0.15, 0.2) is 0 Å². The molecule has 0 spiro atoms. The number of rotatable bonds is 28. The average molecular weight is 938 g/mol. The number of aliphatic hydroxyl groups is 10. The summed E-state index contributed by atoms with van der Waals surface area (Å²) in [5.41, 5.74) is 0. The van der Waals surface area contributed by atoms with Crippen molar-refractivity contribution in [3.8, 4) is 0 Å². The number of carboxylic acids is 5. The Labute approximate surface area is 342 Å². The topological polar surface area (TPSA) is 431 Å². The number of carbonyl (C=O) groups is 5. The Kier molecular flexibility index (Phi) is 37.4. The molecule has 0 aromatic heterocycles. The minimum Gasteiger partial charge on any atom is -0.549 e. The molecule has 0 unspecified atom stereocenters. The van der Waals surface area contributed by atoms with Crippen LogP contribution in [0.1, 0.15) is 0 Å². The fourth-order valence-corrected chi connectivity index (χ4v) is 3.98. The maximum absolute atomic E-state index is 10.8. The Balaban J connectivity index is -0.000000387. The Morgan fingerprint density at radius 1 is 0.481 bits per heavy atom. The molecule has 25 nitrogen and oxygen atoms in total. The van der Waals surface area contributed by atoms with Crippen LogP contribution < -0.4 is 26.0 Å². The summed E-state index contributed by atoms with van der Waals surface area (Å²) in [7, 11) is 3.15. The van der Waals surface area contributed by atoms with Gasteiger partial charge in [0.25, 0.3) is 0 Å². The first kappa shape index (κ1) is 58.8. The van der Waals surface area contributed by atoms with Gasteiger partial charge in [0.15, 0.2) is 0 Å². The van der Waals surface area contributed by atoms with Gasteiger partial charge in [-0.3, -0.25) is 24.3 Å². The molecule has 0 aromatic carbocycles. The zero-order valence-electron chi connectivity index (χ0n) is 29.6. The van der Waals surface area contributed by atoms with E-state index in [0.717, 1.165) is 9.80 Å². The van der Waals surface area contributed by atoms with Gasteiger partial charge in [0.05, 0.1) is 56.4 Å². The monoisotopic (exact) mass is 938 g/mol. The Morgan fingerprint density at radius 2 is 0.722 bits per heavy atom. The molecule has 14 N–H and O–H groups in total. The Morgan fingerprint density at radius 3 is 0.944 bits per heavy atom. The van der Waals surface area contributed by atoms with E-state index >= 15 is 0 Å². The number of carboxylic acid groups (broad SMARTS) is 5. The molecule has 0 aliphatic carbocycles. The average Bonchev–Trinajstić information content (AvgIpc) is 3.06. The molecule has 0 amide bonds. The number of hydrogen-bond acceptors (Lipinski definition) is 23. The third kappa shape index (κ3) is 31.3. The molecule has 0 saturated heterocycles. The number of aliphatic hydroxyl groups excluding tert-OH is 10. The van der Waals surface area contributed by atoms with Gasteiger partial charge >= 0.3 is 51.9 Å². The van der Waals surface area contributed by atoms with Crippen molar-refractivity contribution in [3.63, 3.8) is 0 Å². The zero-order chi connectivity index (χ0) is 41.8. The molecule has 0 aromatic rings. The van der Waals surface area contributed by atoms with E-state index in [1.807, 2.05) is 0 Å². The maximum Gasteiger partial charge on any atom is 3.00 e. The van der Waals surface area contributed by atoms with E-state index in [9.17, 15) is 49.5 Å². The maximum atomic E-state index is 10.8. The summed E-state index contributed by atoms with van der Waals surface area (Å²) in [6.45, 7) is -4.74. The van der Waals surface area contributed by atoms with Crippen LogP contribution in [0, 0.1) is 39.9 Å². The molecule has 54 heavy (non-hydrogen) atoms. The number of hydrogen-bond donors (Lipinski definition) is 14. The number of nitrogens with one attached hydrogen (secondary N) is 2. The van der Waals surface area contributed by atoms with Gasteiger partial charge in [-0.25, -0.2) is 0 Å². The first-order valence-corrected chi connectivity index (χ1v) is 15.7. The summed E-state index contributed by atoms with van der Waals surface area (Å²) in [4.78, 5) is 56.9. The number of aliphatic carboxylic acids is 5. The first-order chi connectivity index (χ1) is 24.6. The van der Waals surface area contributed by atoms with Gasteiger partial charge in [0.2, 0.25) is 0 Å². The summed E-state index contributed by atoms with van der Waals surface area (Å²) in [5, 5.41) is 145. The smallest absolute Gasteiger partial charge is 0.549 e. The molecule has 0 rings (SSSR count). The van der Waals surface area contributed by atoms with Gasteiger partial charge < -0.3 is 102 Å². The van der Waals surface area contributed by atoms with Crippen molar-refractivity contribution in [2.24, 2.45) is 0 Å². The standard InChI is InChI=1S/C14H23N3O10.2C7H17NO5.Gd/c18-10(19)5-15(1-3-16(6-11(20)21)7-12(22)23)2-4-17(8-13(24)25)9-14(26)27;2*1-8-2-4(10)6(12)7(13)5(11)3-9;/h1-9H2,(H,18,19)(H,20,21)(H,22,23)(H,24,25)(H,26,27);2*4-13H,2-3H2,1H3;/q;;;+3/p-3/t;4-,5-,6-,7+;4-,5-,6-,7-;/m.11./s1. The molecule has 8 atom stereocenters. The second kappa shape index (κ2) is 34.3. The Hall–Kier alpha value is -1.93. The van der Waals surface area contributed by atoms with E-state index in [2.05, 4.69) is 10.6 Å². The predicted octanol–water partition coefficient (Wildman–Crippen LogP) is -13.4. The molecule has 319 valence electrons. The molecule has 1 radical (unpaired) electrons. The van der Waals surface area contributed by atoms with Crippen LogP contribution in [0.3, 0.4) is 0 Å². The zero-order valence-corrected chi connectivity index (χ0v) is 31.9. The second-order valence-electron chi connectivity index (χ2n) is 11.3. The van der Waals surface area contributed by atoms with Gasteiger partial charge in [-0.2, -0.15) is 0 Å². The SMILES string of the molecule is CNC[C@@H](O)[C@@H](O)[C@@H](O)[C@H](O)CO.CNC[C@@H](O)[C@@H](O)[C@H](O)[C@H](O)CO.O=C([O-])CN(CCN(CC(=O)[O-])CC(=O)O)CCN(CC(=O)[O-])CC(=O)O.[Gd+3]. The van der Waals surface area contributed by atoms with E-state index in [1.165, 1.54) is 4.90 Å². The largest absolute Gasteiger partial charge is 3.00 e. The predicted molar refractivity (Wildman–Crippen MR) is 170 cm³/mol. The summed E-state index contributed by atoms with van der Waals surface area (Å²) in [5.74, 6) is -7.06. The number of likely N-dealkylation sites (N-methyl/N-ethyl adjacent to an activating group) is 2. The normalized spacial score (nSPS) is 15.5. The molecule has 26 heteroatoms. The molecule has 0 bridgehead atoms. The molecule has 0 saturated carbocycles. The van der Waals surface area contributed by atoms with E-state index in [1.54, 1.807) is 14.1 Å². The van der Waals surface area contributed by atoms with Gasteiger partial charge in [0, 0.05) is 58.9 Å². The van der Waals surface area contributed by atoms with Gasteiger partial charge in [0.1, 0.15) is 36.6 Å². The molecule has 0 aliphatic heterocycles. The van der Waals surface area contributed by atoms with Crippen LogP contribution in [-0.2, 0) is 24.0 Å². The molecular weight excluding hydrogens is 884 g/mol. The van der Waals surface area contributed by atoms with Gasteiger partial charge in [-0.05, 0) is 14.1 Å². The number of nitrogens with zero attached hydrogens (tertiary/aromatic N) is 3. The van der Waals surface area contributed by atoms with E-state index < -0.39 is 125 Å². The summed E-state index contributed by atoms with van der Waals surface area (Å²) in [6.07, 6.45) is -11.3. The molecular formula is C28H54GdN5O20. The first-order valence-electron chi connectivity index (χ1n) is 15.7. The molecule has 0 heterocycles. The number of carbonyl (C=O) groups excluding carboxylic acids is 3. The minimum absolute atomic E-state index is 0. The van der Waals surface area contributed by atoms with Crippen LogP contribution in [0.25, 0.3) is 0 Å². The summed E-state index contributed by atoms with van der Waals surface area (Å²) in [6, 6.07) is 0. The minimum atomic E-state index is -1.55. The third-order valence-electron chi connectivity index (χ3n) is 6.72. The van der Waals surface area contributed by atoms with Crippen LogP contribution in [-0.4, -0.2) is 254 Å². The van der Waals surface area contributed by atoms with Crippen LogP contribution in [0.5, 0.6) is 0 Å². The van der Waals surface area contributed by atoms with Crippen LogP contribution in [0.4, 0.5) is 0 Å². The van der Waals surface area contributed by atoms with E-state index in [-0.39, 0.29) is 79.2 Å². The van der Waals surface area contributed by atoms with Crippen molar-refractivity contribution in [3.05, 3.63) is 0 Å². The summed E-state index contributed by atoms with van der Waals surface area (Å²) < 4.78 is 0. The molecule has 0 aliphatic rings. The van der Waals surface area contributed by atoms with Crippen molar-refractivity contribution < 1.29 is 141 Å². The quantitative estimate of drug-likeness (QED) is 0.0346. The van der Waals surface area contributed by atoms with Crippen molar-refractivity contribution in [2.75, 3.05) is 99.3 Å². The van der Waals surface area contributed by atoms with Crippen molar-refractivity contribution in [1.29, 1.82) is 0 Å². The second-order valence-corrected chi connectivity index (χ2v) is 11.3. The van der Waals surface area contributed by atoms with E-state index in [4.69, 9.17) is 51.1 Å². The van der Waals surface area contributed by atoms with E-state index in [0.29, 0.717) is 0 Å². The fourth-order valence-electron chi connectivity index (χ4n) is 3.98. The summed E-state index contributed by atoms with van der Waals surface area (Å²) >= 11 is 0. The van der Waals surface area contributed by atoms with Crippen molar-refractivity contribution >= 4 is 29.8 Å². The van der Waals surface area contributed by atoms with Crippen molar-refractivity contribution in [1.82, 2.24) is 25.3 Å². The molecule has 0 fully saturated rings. The van der Waals surface area contributed by atoms with Gasteiger partial charge in [-0.15, -0.1) is 0 Å². The van der Waals surface area contributed by atoms with Crippen LogP contribution in [0.2, 0.25) is 0 Å². The third-order valence-corrected chi connectivity index (χ3v) is 6.72. The van der Waals surface area contributed by atoms with Crippen LogP contribution >= 0.6 is 0 Å².